The first-order chi connectivity index (χ1) is 9.21. The fourth-order valence-electron chi connectivity index (χ4n) is 2.45. The zero-order valence-corrected chi connectivity index (χ0v) is 13.4. The van der Waals surface area contributed by atoms with Gasteiger partial charge in [-0.2, -0.15) is 0 Å². The van der Waals surface area contributed by atoms with E-state index in [9.17, 15) is 0 Å². The van der Waals surface area contributed by atoms with Crippen LogP contribution in [0.2, 0.25) is 0 Å². The van der Waals surface area contributed by atoms with Gasteiger partial charge in [-0.15, -0.1) is 0 Å². The van der Waals surface area contributed by atoms with Crippen molar-refractivity contribution in [2.75, 3.05) is 20.8 Å². The highest BCUT2D eigenvalue weighted by Gasteiger charge is 2.28. The van der Waals surface area contributed by atoms with Gasteiger partial charge in [0.2, 0.25) is 0 Å². The van der Waals surface area contributed by atoms with Crippen LogP contribution in [0.1, 0.15) is 37.8 Å². The van der Waals surface area contributed by atoms with Crippen LogP contribution in [0.25, 0.3) is 0 Å². The van der Waals surface area contributed by atoms with Gasteiger partial charge in [-0.05, 0) is 46.9 Å². The molecule has 0 aromatic heterocycles. The van der Waals surface area contributed by atoms with Gasteiger partial charge in [0.15, 0.2) is 0 Å². The van der Waals surface area contributed by atoms with Gasteiger partial charge in [0.1, 0.15) is 16.0 Å². The third kappa shape index (κ3) is 3.42. The first-order valence-electron chi connectivity index (χ1n) is 6.85. The quantitative estimate of drug-likeness (QED) is 0.823. The highest BCUT2D eigenvalue weighted by molar-refractivity contribution is 9.10. The SMILES string of the molecule is CCNC(CC1CC1)c1ccc(OC)c(Br)c1OC. The molecule has 0 heterocycles. The van der Waals surface area contributed by atoms with Crippen LogP contribution in [0.5, 0.6) is 11.5 Å². The first-order valence-corrected chi connectivity index (χ1v) is 7.64. The molecule has 19 heavy (non-hydrogen) atoms. The maximum Gasteiger partial charge on any atom is 0.141 e. The Kier molecular flexibility index (Phi) is 5.11. The number of hydrogen-bond acceptors (Lipinski definition) is 3. The number of nitrogens with one attached hydrogen (secondary N) is 1. The minimum atomic E-state index is 0.356. The summed E-state index contributed by atoms with van der Waals surface area (Å²) in [5, 5.41) is 3.57. The molecule has 1 unspecified atom stereocenters. The summed E-state index contributed by atoms with van der Waals surface area (Å²) in [5.74, 6) is 2.56. The zero-order valence-electron chi connectivity index (χ0n) is 11.8. The maximum atomic E-state index is 5.58. The molecule has 0 bridgehead atoms. The molecule has 1 N–H and O–H groups in total. The van der Waals surface area contributed by atoms with E-state index in [1.807, 2.05) is 6.07 Å². The van der Waals surface area contributed by atoms with Crippen molar-refractivity contribution in [3.63, 3.8) is 0 Å². The molecule has 3 nitrogen and oxygen atoms in total. The molecule has 2 rings (SSSR count). The Morgan fingerprint density at radius 1 is 1.32 bits per heavy atom. The van der Waals surface area contributed by atoms with Crippen LogP contribution in [0.4, 0.5) is 0 Å². The van der Waals surface area contributed by atoms with E-state index in [4.69, 9.17) is 9.47 Å². The molecule has 1 aromatic carbocycles. The highest BCUT2D eigenvalue weighted by atomic mass is 79.9. The summed E-state index contributed by atoms with van der Waals surface area (Å²) >= 11 is 3.58. The Bertz CT molecular complexity index is 432. The second-order valence-electron chi connectivity index (χ2n) is 4.99. The summed E-state index contributed by atoms with van der Waals surface area (Å²) in [5.41, 5.74) is 1.21. The van der Waals surface area contributed by atoms with Crippen LogP contribution in [0.15, 0.2) is 16.6 Å². The van der Waals surface area contributed by atoms with Crippen molar-refractivity contribution >= 4 is 15.9 Å². The summed E-state index contributed by atoms with van der Waals surface area (Å²) in [4.78, 5) is 0. The molecule has 0 amide bonds. The molecule has 4 heteroatoms. The van der Waals surface area contributed by atoms with E-state index in [1.165, 1.54) is 24.8 Å². The minimum Gasteiger partial charge on any atom is -0.495 e. The number of hydrogen-bond donors (Lipinski definition) is 1. The third-order valence-electron chi connectivity index (χ3n) is 3.61. The van der Waals surface area contributed by atoms with E-state index < -0.39 is 0 Å². The minimum absolute atomic E-state index is 0.356. The Morgan fingerprint density at radius 2 is 2.05 bits per heavy atom. The fourth-order valence-corrected chi connectivity index (χ4v) is 3.13. The van der Waals surface area contributed by atoms with Crippen molar-refractivity contribution < 1.29 is 9.47 Å². The van der Waals surface area contributed by atoms with Gasteiger partial charge in [-0.25, -0.2) is 0 Å². The highest BCUT2D eigenvalue weighted by Crippen LogP contribution is 2.44. The summed E-state index contributed by atoms with van der Waals surface area (Å²) in [7, 11) is 3.38. The van der Waals surface area contributed by atoms with E-state index in [-0.39, 0.29) is 0 Å². The average Bonchev–Trinajstić information content (AvgIpc) is 3.22. The molecule has 0 aliphatic heterocycles. The standard InChI is InChI=1S/C15H22BrNO2/c1-4-17-12(9-10-5-6-10)11-7-8-13(18-2)14(16)15(11)19-3/h7-8,10,12,17H,4-6,9H2,1-3H3. The normalized spacial score (nSPS) is 16.2. The van der Waals surface area contributed by atoms with Gasteiger partial charge in [-0.1, -0.05) is 19.8 Å². The Labute approximate surface area is 123 Å². The van der Waals surface area contributed by atoms with Crippen LogP contribution in [0.3, 0.4) is 0 Å². The van der Waals surface area contributed by atoms with Crippen molar-refractivity contribution in [3.05, 3.63) is 22.2 Å². The van der Waals surface area contributed by atoms with Gasteiger partial charge in [0.25, 0.3) is 0 Å². The molecule has 106 valence electrons. The number of benzene rings is 1. The van der Waals surface area contributed by atoms with Crippen molar-refractivity contribution in [1.29, 1.82) is 0 Å². The fraction of sp³-hybridized carbons (Fsp3) is 0.600. The molecule has 1 aromatic rings. The molecule has 1 aliphatic rings. The summed E-state index contributed by atoms with van der Waals surface area (Å²) in [6, 6.07) is 4.46. The Morgan fingerprint density at radius 3 is 2.58 bits per heavy atom. The monoisotopic (exact) mass is 327 g/mol. The van der Waals surface area contributed by atoms with Crippen molar-refractivity contribution in [2.45, 2.75) is 32.2 Å². The molecule has 1 atom stereocenters. The third-order valence-corrected chi connectivity index (χ3v) is 4.36. The lowest BCUT2D eigenvalue weighted by molar-refractivity contribution is 0.375. The topological polar surface area (TPSA) is 30.5 Å². The van der Waals surface area contributed by atoms with Gasteiger partial charge in [0, 0.05) is 11.6 Å². The van der Waals surface area contributed by atoms with Crippen molar-refractivity contribution in [1.82, 2.24) is 5.32 Å². The van der Waals surface area contributed by atoms with E-state index in [0.29, 0.717) is 6.04 Å². The summed E-state index contributed by atoms with van der Waals surface area (Å²) < 4.78 is 11.8. The molecular formula is C15H22BrNO2. The molecule has 0 spiro atoms. The molecule has 1 saturated carbocycles. The van der Waals surface area contributed by atoms with Crippen LogP contribution < -0.4 is 14.8 Å². The number of halogens is 1. The molecule has 0 saturated heterocycles. The Hall–Kier alpha value is -0.740. The van der Waals surface area contributed by atoms with E-state index in [0.717, 1.165) is 28.4 Å². The lowest BCUT2D eigenvalue weighted by atomic mass is 9.99. The molecule has 0 radical (unpaired) electrons. The van der Waals surface area contributed by atoms with Crippen LogP contribution in [-0.2, 0) is 0 Å². The Balaban J connectivity index is 2.31. The summed E-state index contributed by atoms with van der Waals surface area (Å²) in [6.07, 6.45) is 3.91. The number of rotatable bonds is 7. The second-order valence-corrected chi connectivity index (χ2v) is 5.79. The average molecular weight is 328 g/mol. The molecule has 1 aliphatic carbocycles. The van der Waals surface area contributed by atoms with E-state index >= 15 is 0 Å². The van der Waals surface area contributed by atoms with Crippen LogP contribution in [0, 0.1) is 5.92 Å². The summed E-state index contributed by atoms with van der Waals surface area (Å²) in [6.45, 7) is 3.11. The van der Waals surface area contributed by atoms with E-state index in [1.54, 1.807) is 14.2 Å². The maximum absolute atomic E-state index is 5.58. The molecular weight excluding hydrogens is 306 g/mol. The van der Waals surface area contributed by atoms with Gasteiger partial charge < -0.3 is 14.8 Å². The zero-order chi connectivity index (χ0) is 13.8. The smallest absolute Gasteiger partial charge is 0.141 e. The predicted octanol–water partition coefficient (Wildman–Crippen LogP) is 3.92. The van der Waals surface area contributed by atoms with Crippen LogP contribution in [-0.4, -0.2) is 20.8 Å². The van der Waals surface area contributed by atoms with Crippen molar-refractivity contribution in [3.8, 4) is 11.5 Å². The lowest BCUT2D eigenvalue weighted by Gasteiger charge is -2.22. The second kappa shape index (κ2) is 6.62. The number of methoxy groups -OCH3 is 2. The predicted molar refractivity (Wildman–Crippen MR) is 81.0 cm³/mol. The van der Waals surface area contributed by atoms with Crippen LogP contribution >= 0.6 is 15.9 Å². The molecule has 1 fully saturated rings. The first kappa shape index (κ1) is 14.7. The van der Waals surface area contributed by atoms with E-state index in [2.05, 4.69) is 34.2 Å². The van der Waals surface area contributed by atoms with Gasteiger partial charge in [0.05, 0.1) is 14.2 Å². The largest absolute Gasteiger partial charge is 0.495 e. The lowest BCUT2D eigenvalue weighted by Crippen LogP contribution is -2.22. The number of ether oxygens (including phenoxy) is 2. The van der Waals surface area contributed by atoms with Gasteiger partial charge >= 0.3 is 0 Å². The van der Waals surface area contributed by atoms with Gasteiger partial charge in [-0.3, -0.25) is 0 Å². The van der Waals surface area contributed by atoms with Crippen molar-refractivity contribution in [2.24, 2.45) is 5.92 Å².